The summed E-state index contributed by atoms with van der Waals surface area (Å²) in [6.45, 7) is 4.68. The molecular weight excluding hydrogens is 262 g/mol. The number of rotatable bonds is 5. The highest BCUT2D eigenvalue weighted by Gasteiger charge is 2.22. The van der Waals surface area contributed by atoms with Crippen LogP contribution in [0.25, 0.3) is 0 Å². The van der Waals surface area contributed by atoms with Crippen molar-refractivity contribution in [2.45, 2.75) is 26.4 Å². The van der Waals surface area contributed by atoms with Crippen molar-refractivity contribution >= 4 is 5.97 Å². The van der Waals surface area contributed by atoms with Gasteiger partial charge in [0.25, 0.3) is 0 Å². The van der Waals surface area contributed by atoms with E-state index in [1.54, 1.807) is 0 Å². The summed E-state index contributed by atoms with van der Waals surface area (Å²) < 4.78 is 4.94. The molecule has 0 saturated carbocycles. The summed E-state index contributed by atoms with van der Waals surface area (Å²) in [5, 5.41) is 3.29. The van der Waals surface area contributed by atoms with Crippen molar-refractivity contribution in [3.63, 3.8) is 0 Å². The number of aryl methyl sites for hydroxylation is 2. The summed E-state index contributed by atoms with van der Waals surface area (Å²) in [6, 6.07) is 15.7. The zero-order valence-electron chi connectivity index (χ0n) is 12.7. The van der Waals surface area contributed by atoms with Gasteiger partial charge < -0.3 is 4.74 Å². The lowest BCUT2D eigenvalue weighted by Crippen LogP contribution is -2.30. The smallest absolute Gasteiger partial charge is 0.327 e. The molecule has 0 bridgehead atoms. The molecule has 2 rings (SSSR count). The Morgan fingerprint density at radius 2 is 1.86 bits per heavy atom. The normalized spacial score (nSPS) is 12.0. The van der Waals surface area contributed by atoms with E-state index < -0.39 is 6.04 Å². The van der Waals surface area contributed by atoms with Gasteiger partial charge in [-0.05, 0) is 30.5 Å². The Balaban J connectivity index is 2.20. The van der Waals surface area contributed by atoms with E-state index in [4.69, 9.17) is 4.74 Å². The average molecular weight is 283 g/mol. The van der Waals surface area contributed by atoms with Gasteiger partial charge in [0.15, 0.2) is 0 Å². The Morgan fingerprint density at radius 3 is 2.48 bits per heavy atom. The Kier molecular flexibility index (Phi) is 5.12. The molecule has 0 amide bonds. The first-order valence-corrected chi connectivity index (χ1v) is 7.04. The second-order valence-corrected chi connectivity index (χ2v) is 5.18. The highest BCUT2D eigenvalue weighted by Crippen LogP contribution is 2.21. The van der Waals surface area contributed by atoms with E-state index in [1.165, 1.54) is 12.7 Å². The Morgan fingerprint density at radius 1 is 1.14 bits per heavy atom. The molecule has 2 aromatic rings. The van der Waals surface area contributed by atoms with E-state index in [0.717, 1.165) is 16.7 Å². The van der Waals surface area contributed by atoms with E-state index >= 15 is 0 Å². The van der Waals surface area contributed by atoms with Gasteiger partial charge in [0.05, 0.1) is 7.11 Å². The zero-order chi connectivity index (χ0) is 15.2. The van der Waals surface area contributed by atoms with E-state index in [0.29, 0.717) is 6.54 Å². The number of carbonyl (C=O) groups excluding carboxylic acids is 1. The largest absolute Gasteiger partial charge is 0.468 e. The molecule has 3 heteroatoms. The second-order valence-electron chi connectivity index (χ2n) is 5.18. The predicted octanol–water partition coefficient (Wildman–Crippen LogP) is 3.31. The number of methoxy groups -OCH3 is 1. The molecule has 0 aliphatic rings. The maximum Gasteiger partial charge on any atom is 0.327 e. The maximum atomic E-state index is 12.1. The molecule has 21 heavy (non-hydrogen) atoms. The minimum atomic E-state index is -0.448. The molecule has 0 aliphatic heterocycles. The molecule has 1 unspecified atom stereocenters. The molecule has 0 saturated heterocycles. The lowest BCUT2D eigenvalue weighted by atomic mass is 9.99. The summed E-state index contributed by atoms with van der Waals surface area (Å²) in [5.41, 5.74) is 4.37. The fourth-order valence-corrected chi connectivity index (χ4v) is 2.40. The van der Waals surface area contributed by atoms with Gasteiger partial charge in [0.2, 0.25) is 0 Å². The van der Waals surface area contributed by atoms with Crippen molar-refractivity contribution in [1.82, 2.24) is 5.32 Å². The Labute approximate surface area is 126 Å². The van der Waals surface area contributed by atoms with Gasteiger partial charge in [-0.25, -0.2) is 4.79 Å². The average Bonchev–Trinajstić information content (AvgIpc) is 2.50. The zero-order valence-corrected chi connectivity index (χ0v) is 12.7. The van der Waals surface area contributed by atoms with E-state index in [1.807, 2.05) is 56.3 Å². The van der Waals surface area contributed by atoms with Crippen molar-refractivity contribution < 1.29 is 9.53 Å². The summed E-state index contributed by atoms with van der Waals surface area (Å²) in [4.78, 5) is 12.1. The van der Waals surface area contributed by atoms with Gasteiger partial charge in [-0.15, -0.1) is 0 Å². The van der Waals surface area contributed by atoms with Crippen LogP contribution in [-0.4, -0.2) is 13.1 Å². The number of esters is 1. The standard InChI is InChI=1S/C18H21NO2/c1-13-9-10-16(14(2)11-13)17(18(20)21-3)19-12-15-7-5-4-6-8-15/h4-11,17,19H,12H2,1-3H3. The van der Waals surface area contributed by atoms with Crippen LogP contribution in [0, 0.1) is 13.8 Å². The van der Waals surface area contributed by atoms with Crippen LogP contribution in [0.5, 0.6) is 0 Å². The summed E-state index contributed by atoms with van der Waals surface area (Å²) in [5.74, 6) is -0.266. The monoisotopic (exact) mass is 283 g/mol. The Bertz CT molecular complexity index is 608. The highest BCUT2D eigenvalue weighted by molar-refractivity contribution is 5.78. The molecule has 0 aliphatic carbocycles. The van der Waals surface area contributed by atoms with Gasteiger partial charge in [-0.2, -0.15) is 0 Å². The van der Waals surface area contributed by atoms with Crippen molar-refractivity contribution in [1.29, 1.82) is 0 Å². The molecule has 1 N–H and O–H groups in total. The van der Waals surface area contributed by atoms with Crippen LogP contribution in [-0.2, 0) is 16.1 Å². The lowest BCUT2D eigenvalue weighted by molar-refractivity contribution is -0.143. The van der Waals surface area contributed by atoms with Gasteiger partial charge in [0, 0.05) is 6.54 Å². The van der Waals surface area contributed by atoms with Gasteiger partial charge in [-0.1, -0.05) is 54.1 Å². The maximum absolute atomic E-state index is 12.1. The molecule has 0 fully saturated rings. The minimum Gasteiger partial charge on any atom is -0.468 e. The number of benzene rings is 2. The third-order valence-corrected chi connectivity index (χ3v) is 3.53. The summed E-state index contributed by atoms with van der Waals surface area (Å²) in [6.07, 6.45) is 0. The van der Waals surface area contributed by atoms with Gasteiger partial charge in [0.1, 0.15) is 6.04 Å². The van der Waals surface area contributed by atoms with Crippen LogP contribution in [0.4, 0.5) is 0 Å². The number of carbonyl (C=O) groups is 1. The van der Waals surface area contributed by atoms with Crippen molar-refractivity contribution in [3.8, 4) is 0 Å². The lowest BCUT2D eigenvalue weighted by Gasteiger charge is -2.19. The van der Waals surface area contributed by atoms with E-state index in [2.05, 4.69) is 11.4 Å². The highest BCUT2D eigenvalue weighted by atomic mass is 16.5. The first-order chi connectivity index (χ1) is 10.1. The van der Waals surface area contributed by atoms with Crippen LogP contribution in [0.3, 0.4) is 0 Å². The number of nitrogens with one attached hydrogen (secondary N) is 1. The van der Waals surface area contributed by atoms with Crippen LogP contribution < -0.4 is 5.32 Å². The van der Waals surface area contributed by atoms with E-state index in [-0.39, 0.29) is 5.97 Å². The molecule has 2 aromatic carbocycles. The van der Waals surface area contributed by atoms with E-state index in [9.17, 15) is 4.79 Å². The summed E-state index contributed by atoms with van der Waals surface area (Å²) in [7, 11) is 1.42. The molecule has 0 heterocycles. The van der Waals surface area contributed by atoms with Crippen molar-refractivity contribution in [2.75, 3.05) is 7.11 Å². The number of hydrogen-bond acceptors (Lipinski definition) is 3. The van der Waals surface area contributed by atoms with Gasteiger partial charge >= 0.3 is 5.97 Å². The second kappa shape index (κ2) is 7.04. The fraction of sp³-hybridized carbons (Fsp3) is 0.278. The van der Waals surface area contributed by atoms with Crippen molar-refractivity contribution in [2.24, 2.45) is 0 Å². The van der Waals surface area contributed by atoms with Crippen LogP contribution in [0.15, 0.2) is 48.5 Å². The predicted molar refractivity (Wildman–Crippen MR) is 84.0 cm³/mol. The molecule has 3 nitrogen and oxygen atoms in total. The molecule has 0 radical (unpaired) electrons. The first kappa shape index (κ1) is 15.3. The number of ether oxygens (including phenoxy) is 1. The number of hydrogen-bond donors (Lipinski definition) is 1. The third kappa shape index (κ3) is 3.92. The SMILES string of the molecule is COC(=O)C(NCc1ccccc1)c1ccc(C)cc1C. The third-order valence-electron chi connectivity index (χ3n) is 3.53. The molecule has 0 spiro atoms. The topological polar surface area (TPSA) is 38.3 Å². The quantitative estimate of drug-likeness (QED) is 0.856. The molecule has 1 atom stereocenters. The van der Waals surface area contributed by atoms with Crippen LogP contribution >= 0.6 is 0 Å². The molecular formula is C18H21NO2. The molecule has 110 valence electrons. The van der Waals surface area contributed by atoms with Crippen molar-refractivity contribution in [3.05, 3.63) is 70.8 Å². The van der Waals surface area contributed by atoms with Crippen LogP contribution in [0.2, 0.25) is 0 Å². The van der Waals surface area contributed by atoms with Crippen LogP contribution in [0.1, 0.15) is 28.3 Å². The minimum absolute atomic E-state index is 0.266. The Hall–Kier alpha value is -2.13. The first-order valence-electron chi connectivity index (χ1n) is 7.04. The summed E-state index contributed by atoms with van der Waals surface area (Å²) >= 11 is 0. The van der Waals surface area contributed by atoms with Gasteiger partial charge in [-0.3, -0.25) is 5.32 Å². The fourth-order valence-electron chi connectivity index (χ4n) is 2.40. The molecule has 0 aromatic heterocycles.